The lowest BCUT2D eigenvalue weighted by molar-refractivity contribution is 0.628. The van der Waals surface area contributed by atoms with E-state index < -0.39 is 0 Å². The number of rotatable bonds is 2. The van der Waals surface area contributed by atoms with Crippen LogP contribution in [0.2, 0.25) is 0 Å². The van der Waals surface area contributed by atoms with Crippen LogP contribution < -0.4 is 0 Å². The highest BCUT2D eigenvalue weighted by atomic mass is 19.1. The Labute approximate surface area is 103 Å². The molecule has 1 aromatic carbocycles. The molecule has 0 amide bonds. The van der Waals surface area contributed by atoms with Gasteiger partial charge in [0, 0.05) is 25.0 Å². The van der Waals surface area contributed by atoms with Crippen LogP contribution in [0.1, 0.15) is 0 Å². The normalized spacial score (nSPS) is 10.8. The van der Waals surface area contributed by atoms with Crippen molar-refractivity contribution in [2.45, 2.75) is 0 Å². The molecule has 0 atom stereocenters. The molecule has 0 spiro atoms. The Hall–Kier alpha value is -2.43. The van der Waals surface area contributed by atoms with E-state index in [1.165, 1.54) is 12.1 Å². The van der Waals surface area contributed by atoms with E-state index >= 15 is 0 Å². The Kier molecular flexibility index (Phi) is 2.44. The molecule has 0 fully saturated rings. The number of imidazole rings is 1. The summed E-state index contributed by atoms with van der Waals surface area (Å²) >= 11 is 0. The van der Waals surface area contributed by atoms with Gasteiger partial charge in [-0.3, -0.25) is 5.10 Å². The smallest absolute Gasteiger partial charge is 0.160 e. The van der Waals surface area contributed by atoms with E-state index in [1.54, 1.807) is 12.3 Å². The zero-order valence-corrected chi connectivity index (χ0v) is 9.76. The number of halogens is 1. The average Bonchev–Trinajstić information content (AvgIpc) is 2.97. The molecule has 90 valence electrons. The van der Waals surface area contributed by atoms with Gasteiger partial charge in [0.25, 0.3) is 0 Å². The van der Waals surface area contributed by atoms with Gasteiger partial charge in [-0.1, -0.05) is 12.1 Å². The van der Waals surface area contributed by atoms with Crippen LogP contribution in [0.3, 0.4) is 0 Å². The molecule has 5 heteroatoms. The maximum atomic E-state index is 13.1. The number of benzene rings is 1. The Balaban J connectivity index is 2.02. The van der Waals surface area contributed by atoms with Crippen LogP contribution in [-0.4, -0.2) is 19.7 Å². The predicted octanol–water partition coefficient (Wildman–Crippen LogP) is 2.62. The van der Waals surface area contributed by atoms with Gasteiger partial charge in [-0.2, -0.15) is 5.10 Å². The molecule has 1 N–H and O–H groups in total. The highest BCUT2D eigenvalue weighted by molar-refractivity contribution is 5.65. The molecule has 0 saturated carbocycles. The van der Waals surface area contributed by atoms with Crippen molar-refractivity contribution < 1.29 is 4.39 Å². The van der Waals surface area contributed by atoms with E-state index in [2.05, 4.69) is 15.2 Å². The van der Waals surface area contributed by atoms with Gasteiger partial charge in [0.2, 0.25) is 0 Å². The van der Waals surface area contributed by atoms with Crippen molar-refractivity contribution in [1.29, 1.82) is 0 Å². The number of hydrogen-bond acceptors (Lipinski definition) is 2. The van der Waals surface area contributed by atoms with Crippen LogP contribution in [0.5, 0.6) is 0 Å². The molecule has 0 aliphatic heterocycles. The average molecular weight is 242 g/mol. The van der Waals surface area contributed by atoms with Crippen molar-refractivity contribution in [3.8, 4) is 22.8 Å². The van der Waals surface area contributed by atoms with Crippen LogP contribution in [0.15, 0.2) is 42.7 Å². The van der Waals surface area contributed by atoms with Crippen LogP contribution >= 0.6 is 0 Å². The van der Waals surface area contributed by atoms with Gasteiger partial charge < -0.3 is 4.57 Å². The fraction of sp³-hybridized carbons (Fsp3) is 0.0769. The maximum absolute atomic E-state index is 13.1. The summed E-state index contributed by atoms with van der Waals surface area (Å²) in [6.45, 7) is 0. The summed E-state index contributed by atoms with van der Waals surface area (Å²) in [7, 11) is 1.90. The molecule has 0 unspecified atom stereocenters. The van der Waals surface area contributed by atoms with E-state index in [4.69, 9.17) is 0 Å². The zero-order chi connectivity index (χ0) is 12.5. The maximum Gasteiger partial charge on any atom is 0.160 e. The van der Waals surface area contributed by atoms with Crippen LogP contribution in [-0.2, 0) is 7.05 Å². The summed E-state index contributed by atoms with van der Waals surface area (Å²) in [5.74, 6) is 0.509. The summed E-state index contributed by atoms with van der Waals surface area (Å²) in [5.41, 5.74) is 2.28. The lowest BCUT2D eigenvalue weighted by Gasteiger charge is -1.96. The summed E-state index contributed by atoms with van der Waals surface area (Å²) in [6, 6.07) is 8.25. The molecule has 0 aliphatic rings. The highest BCUT2D eigenvalue weighted by Crippen LogP contribution is 2.22. The zero-order valence-electron chi connectivity index (χ0n) is 9.76. The molecule has 0 aliphatic carbocycles. The summed E-state index contributed by atoms with van der Waals surface area (Å²) in [6.07, 6.45) is 3.57. The highest BCUT2D eigenvalue weighted by Gasteiger charge is 2.09. The minimum absolute atomic E-state index is 0.263. The van der Waals surface area contributed by atoms with Gasteiger partial charge in [0.05, 0.1) is 5.69 Å². The standard InChI is InChI=1S/C13H11FN4/c1-18-6-5-15-13(18)12-8-11(16-17-12)9-3-2-4-10(14)7-9/h2-8H,1H3,(H,16,17). The topological polar surface area (TPSA) is 46.5 Å². The van der Waals surface area contributed by atoms with Crippen LogP contribution in [0.4, 0.5) is 4.39 Å². The summed E-state index contributed by atoms with van der Waals surface area (Å²) in [4.78, 5) is 4.22. The van der Waals surface area contributed by atoms with Crippen molar-refractivity contribution in [2.75, 3.05) is 0 Å². The Bertz CT molecular complexity index is 684. The number of hydrogen-bond donors (Lipinski definition) is 1. The second-order valence-corrected chi connectivity index (χ2v) is 4.04. The number of aromatic nitrogens is 4. The van der Waals surface area contributed by atoms with Gasteiger partial charge in [0.15, 0.2) is 5.82 Å². The number of nitrogens with zero attached hydrogens (tertiary/aromatic N) is 3. The van der Waals surface area contributed by atoms with E-state index in [9.17, 15) is 4.39 Å². The molecular weight excluding hydrogens is 231 g/mol. The third-order valence-electron chi connectivity index (χ3n) is 2.76. The summed E-state index contributed by atoms with van der Waals surface area (Å²) in [5, 5.41) is 7.09. The molecule has 2 heterocycles. The Morgan fingerprint density at radius 2 is 2.17 bits per heavy atom. The quantitative estimate of drug-likeness (QED) is 0.750. The first kappa shape index (κ1) is 10.7. The minimum atomic E-state index is -0.263. The van der Waals surface area contributed by atoms with E-state index in [0.29, 0.717) is 0 Å². The predicted molar refractivity (Wildman–Crippen MR) is 66.2 cm³/mol. The number of H-pyrrole nitrogens is 1. The molecule has 4 nitrogen and oxygen atoms in total. The van der Waals surface area contributed by atoms with Gasteiger partial charge in [-0.05, 0) is 18.2 Å². The Morgan fingerprint density at radius 1 is 1.28 bits per heavy atom. The van der Waals surface area contributed by atoms with E-state index in [-0.39, 0.29) is 5.82 Å². The molecule has 0 radical (unpaired) electrons. The third-order valence-corrected chi connectivity index (χ3v) is 2.76. The largest absolute Gasteiger partial charge is 0.333 e. The lowest BCUT2D eigenvalue weighted by Crippen LogP contribution is -1.90. The molecule has 0 saturated heterocycles. The third kappa shape index (κ3) is 1.79. The lowest BCUT2D eigenvalue weighted by atomic mass is 10.1. The summed E-state index contributed by atoms with van der Waals surface area (Å²) < 4.78 is 15.0. The van der Waals surface area contributed by atoms with Crippen molar-refractivity contribution in [2.24, 2.45) is 7.05 Å². The van der Waals surface area contributed by atoms with Gasteiger partial charge in [-0.25, -0.2) is 9.37 Å². The van der Waals surface area contributed by atoms with E-state index in [0.717, 1.165) is 22.8 Å². The second-order valence-electron chi connectivity index (χ2n) is 4.04. The number of nitrogens with one attached hydrogen (secondary N) is 1. The van der Waals surface area contributed by atoms with Gasteiger partial charge in [-0.15, -0.1) is 0 Å². The first-order chi connectivity index (χ1) is 8.74. The van der Waals surface area contributed by atoms with Crippen molar-refractivity contribution >= 4 is 0 Å². The number of aryl methyl sites for hydroxylation is 1. The first-order valence-electron chi connectivity index (χ1n) is 5.53. The first-order valence-corrected chi connectivity index (χ1v) is 5.53. The molecule has 2 aromatic heterocycles. The van der Waals surface area contributed by atoms with Crippen molar-refractivity contribution in [3.05, 3.63) is 48.5 Å². The van der Waals surface area contributed by atoms with Crippen molar-refractivity contribution in [1.82, 2.24) is 19.7 Å². The molecular formula is C13H11FN4. The second kappa shape index (κ2) is 4.10. The monoisotopic (exact) mass is 242 g/mol. The van der Waals surface area contributed by atoms with E-state index in [1.807, 2.05) is 29.9 Å². The fourth-order valence-corrected chi connectivity index (χ4v) is 1.85. The molecule has 0 bridgehead atoms. The minimum Gasteiger partial charge on any atom is -0.333 e. The Morgan fingerprint density at radius 3 is 2.89 bits per heavy atom. The van der Waals surface area contributed by atoms with Crippen molar-refractivity contribution in [3.63, 3.8) is 0 Å². The molecule has 3 rings (SSSR count). The van der Waals surface area contributed by atoms with Gasteiger partial charge in [0.1, 0.15) is 11.5 Å². The van der Waals surface area contributed by atoms with Crippen LogP contribution in [0.25, 0.3) is 22.8 Å². The molecule has 18 heavy (non-hydrogen) atoms. The van der Waals surface area contributed by atoms with Gasteiger partial charge >= 0.3 is 0 Å². The number of aromatic amines is 1. The SMILES string of the molecule is Cn1ccnc1-c1cc(-c2cccc(F)c2)[nH]n1. The molecule has 3 aromatic rings. The fourth-order valence-electron chi connectivity index (χ4n) is 1.85. The van der Waals surface area contributed by atoms with Crippen LogP contribution in [0, 0.1) is 5.82 Å².